The number of pyridine rings is 1. The van der Waals surface area contributed by atoms with Gasteiger partial charge in [-0.2, -0.15) is 0 Å². The molecule has 0 bridgehead atoms. The van der Waals surface area contributed by atoms with Crippen molar-refractivity contribution in [3.8, 4) is 22.5 Å². The molecule has 37 heavy (non-hydrogen) atoms. The maximum atomic E-state index is 14.9. The van der Waals surface area contributed by atoms with Crippen molar-refractivity contribution in [1.29, 1.82) is 0 Å². The van der Waals surface area contributed by atoms with Crippen molar-refractivity contribution < 1.29 is 9.50 Å². The highest BCUT2D eigenvalue weighted by Gasteiger charge is 2.20. The number of halogens is 2. The molecule has 2 aromatic carbocycles. The van der Waals surface area contributed by atoms with E-state index in [0.29, 0.717) is 33.5 Å². The Labute approximate surface area is 218 Å². The number of hydrogen-bond donors (Lipinski definition) is 2. The van der Waals surface area contributed by atoms with Gasteiger partial charge in [0, 0.05) is 53.1 Å². The Bertz CT molecular complexity index is 1570. The van der Waals surface area contributed by atoms with Crippen LogP contribution >= 0.6 is 11.6 Å². The van der Waals surface area contributed by atoms with Crippen molar-refractivity contribution in [3.05, 3.63) is 95.7 Å². The van der Waals surface area contributed by atoms with E-state index in [-0.39, 0.29) is 5.82 Å². The molecule has 9 heteroatoms. The van der Waals surface area contributed by atoms with Crippen LogP contribution in [0.4, 0.5) is 10.1 Å². The Morgan fingerprint density at radius 2 is 1.59 bits per heavy atom. The van der Waals surface area contributed by atoms with Crippen molar-refractivity contribution >= 4 is 28.2 Å². The minimum absolute atomic E-state index is 0.336. The molecule has 7 nitrogen and oxygen atoms in total. The van der Waals surface area contributed by atoms with Gasteiger partial charge in [-0.3, -0.25) is 4.98 Å². The fourth-order valence-corrected chi connectivity index (χ4v) is 4.25. The average molecular weight is 515 g/mol. The van der Waals surface area contributed by atoms with Crippen LogP contribution < -0.4 is 5.32 Å². The third-order valence-corrected chi connectivity index (χ3v) is 6.29. The third-order valence-electron chi connectivity index (χ3n) is 6.00. The Morgan fingerprint density at radius 3 is 2.30 bits per heavy atom. The molecule has 0 aliphatic carbocycles. The zero-order chi connectivity index (χ0) is 26.2. The molecule has 0 aliphatic heterocycles. The van der Waals surface area contributed by atoms with Crippen LogP contribution in [-0.4, -0.2) is 30.0 Å². The molecular formula is C28H24ClFN6O. The molecule has 5 rings (SSSR count). The van der Waals surface area contributed by atoms with Crippen LogP contribution in [0.5, 0.6) is 0 Å². The van der Waals surface area contributed by atoms with E-state index in [0.717, 1.165) is 22.0 Å². The molecule has 0 fully saturated rings. The predicted octanol–water partition coefficient (Wildman–Crippen LogP) is 6.34. The lowest BCUT2D eigenvalue weighted by atomic mass is 10.0. The number of hydrogen-bond acceptors (Lipinski definition) is 7. The summed E-state index contributed by atoms with van der Waals surface area (Å²) >= 11 is 6.58. The van der Waals surface area contributed by atoms with E-state index in [1.807, 2.05) is 25.1 Å². The van der Waals surface area contributed by atoms with E-state index in [4.69, 9.17) is 11.6 Å². The lowest BCUT2D eigenvalue weighted by molar-refractivity contribution is 0.0687. The zero-order valence-corrected chi connectivity index (χ0v) is 21.2. The van der Waals surface area contributed by atoms with E-state index in [2.05, 4.69) is 30.2 Å². The summed E-state index contributed by atoms with van der Waals surface area (Å²) < 4.78 is 14.9. The minimum atomic E-state index is -1.13. The second-order valence-electron chi connectivity index (χ2n) is 9.24. The number of nitrogens with zero attached hydrogens (tertiary/aromatic N) is 5. The van der Waals surface area contributed by atoms with E-state index in [1.165, 1.54) is 6.07 Å². The summed E-state index contributed by atoms with van der Waals surface area (Å²) in [5.41, 5.74) is 3.02. The second-order valence-corrected chi connectivity index (χ2v) is 9.65. The minimum Gasteiger partial charge on any atom is -0.382 e. The van der Waals surface area contributed by atoms with Crippen molar-refractivity contribution in [2.75, 3.05) is 5.32 Å². The SMILES string of the molecule is CC(Nc1c(Cl)cnc2ccc(-c3cnc(C(C)(C)O)nc3)cc12)c1cc(-c2ncccn2)ccc1F. The summed E-state index contributed by atoms with van der Waals surface area (Å²) in [6.45, 7) is 5.14. The number of anilines is 1. The van der Waals surface area contributed by atoms with E-state index in [9.17, 15) is 9.50 Å². The van der Waals surface area contributed by atoms with Crippen molar-refractivity contribution in [1.82, 2.24) is 24.9 Å². The summed E-state index contributed by atoms with van der Waals surface area (Å²) in [5.74, 6) is 0.507. The van der Waals surface area contributed by atoms with Gasteiger partial charge in [-0.25, -0.2) is 24.3 Å². The summed E-state index contributed by atoms with van der Waals surface area (Å²) in [7, 11) is 0. The third kappa shape index (κ3) is 5.12. The van der Waals surface area contributed by atoms with Gasteiger partial charge < -0.3 is 10.4 Å². The molecule has 0 saturated carbocycles. The van der Waals surface area contributed by atoms with E-state index < -0.39 is 11.6 Å². The lowest BCUT2D eigenvalue weighted by Crippen LogP contribution is -2.19. The van der Waals surface area contributed by atoms with Crippen LogP contribution in [-0.2, 0) is 5.60 Å². The number of nitrogens with one attached hydrogen (secondary N) is 1. The molecule has 0 radical (unpaired) electrons. The fourth-order valence-electron chi connectivity index (χ4n) is 4.04. The van der Waals surface area contributed by atoms with Crippen molar-refractivity contribution in [2.45, 2.75) is 32.4 Å². The maximum Gasteiger partial charge on any atom is 0.159 e. The van der Waals surface area contributed by atoms with Crippen molar-refractivity contribution in [3.63, 3.8) is 0 Å². The Balaban J connectivity index is 1.51. The average Bonchev–Trinajstić information content (AvgIpc) is 2.90. The van der Waals surface area contributed by atoms with Crippen molar-refractivity contribution in [2.24, 2.45) is 0 Å². The second kappa shape index (κ2) is 9.80. The molecule has 2 N–H and O–H groups in total. The standard InChI is InChI=1S/C28H24ClFN6O/c1-16(20-12-18(5-7-23(20)30)26-31-9-4-10-32-26)36-25-21-11-17(6-8-24(21)33-15-22(25)29)19-13-34-27(35-14-19)28(2,3)37/h4-16,37H,1-3H3,(H,33,36). The molecule has 1 atom stereocenters. The Hall–Kier alpha value is -4.01. The topological polar surface area (TPSA) is 96.7 Å². The largest absolute Gasteiger partial charge is 0.382 e. The quantitative estimate of drug-likeness (QED) is 0.273. The van der Waals surface area contributed by atoms with Crippen LogP contribution in [0.15, 0.2) is 73.4 Å². The smallest absolute Gasteiger partial charge is 0.159 e. The number of fused-ring (bicyclic) bond motifs is 1. The van der Waals surface area contributed by atoms with Gasteiger partial charge in [-0.1, -0.05) is 17.7 Å². The lowest BCUT2D eigenvalue weighted by Gasteiger charge is -2.20. The van der Waals surface area contributed by atoms with Crippen LogP contribution in [0.2, 0.25) is 5.02 Å². The molecule has 1 unspecified atom stereocenters. The predicted molar refractivity (Wildman–Crippen MR) is 142 cm³/mol. The molecular weight excluding hydrogens is 491 g/mol. The number of benzene rings is 2. The number of aliphatic hydroxyl groups is 1. The molecule has 3 aromatic heterocycles. The van der Waals surface area contributed by atoms with Crippen LogP contribution in [0.3, 0.4) is 0 Å². The zero-order valence-electron chi connectivity index (χ0n) is 20.4. The first-order valence-electron chi connectivity index (χ1n) is 11.7. The van der Waals surface area contributed by atoms with Crippen LogP contribution in [0.1, 0.15) is 38.2 Å². The van der Waals surface area contributed by atoms with Gasteiger partial charge in [0.05, 0.1) is 22.3 Å². The molecule has 0 saturated heterocycles. The molecule has 0 spiro atoms. The summed E-state index contributed by atoms with van der Waals surface area (Å²) in [6, 6.07) is 11.9. The van der Waals surface area contributed by atoms with Gasteiger partial charge in [0.1, 0.15) is 11.4 Å². The molecule has 5 aromatic rings. The van der Waals surface area contributed by atoms with Gasteiger partial charge in [0.2, 0.25) is 0 Å². The summed E-state index contributed by atoms with van der Waals surface area (Å²) in [4.78, 5) is 21.6. The van der Waals surface area contributed by atoms with E-state index >= 15 is 0 Å². The molecule has 186 valence electrons. The summed E-state index contributed by atoms with van der Waals surface area (Å²) in [6.07, 6.45) is 8.21. The van der Waals surface area contributed by atoms with Gasteiger partial charge >= 0.3 is 0 Å². The highest BCUT2D eigenvalue weighted by molar-refractivity contribution is 6.34. The first-order chi connectivity index (χ1) is 17.7. The van der Waals surface area contributed by atoms with Gasteiger partial charge in [0.25, 0.3) is 0 Å². The number of aromatic nitrogens is 5. The van der Waals surface area contributed by atoms with Gasteiger partial charge in [-0.05, 0) is 62.7 Å². The normalized spacial score (nSPS) is 12.5. The molecule has 3 heterocycles. The van der Waals surface area contributed by atoms with E-state index in [1.54, 1.807) is 63.0 Å². The highest BCUT2D eigenvalue weighted by Crippen LogP contribution is 2.36. The van der Waals surface area contributed by atoms with Gasteiger partial charge in [0.15, 0.2) is 11.6 Å². The molecule has 0 amide bonds. The summed E-state index contributed by atoms with van der Waals surface area (Å²) in [5, 5.41) is 14.7. The van der Waals surface area contributed by atoms with Crippen LogP contribution in [0, 0.1) is 5.82 Å². The number of rotatable bonds is 6. The Kier molecular flexibility index (Phi) is 6.54. The Morgan fingerprint density at radius 1 is 0.892 bits per heavy atom. The maximum absolute atomic E-state index is 14.9. The van der Waals surface area contributed by atoms with Crippen LogP contribution in [0.25, 0.3) is 33.4 Å². The van der Waals surface area contributed by atoms with Gasteiger partial charge in [-0.15, -0.1) is 0 Å². The first-order valence-corrected chi connectivity index (χ1v) is 12.1. The highest BCUT2D eigenvalue weighted by atomic mass is 35.5. The first kappa shape index (κ1) is 24.7. The molecule has 0 aliphatic rings. The monoisotopic (exact) mass is 514 g/mol. The fraction of sp³-hybridized carbons (Fsp3) is 0.179.